The first kappa shape index (κ1) is 19.2. The van der Waals surface area contributed by atoms with E-state index in [1.54, 1.807) is 36.4 Å². The molecule has 0 unspecified atom stereocenters. The van der Waals surface area contributed by atoms with Gasteiger partial charge in [0.1, 0.15) is 5.75 Å². The lowest BCUT2D eigenvalue weighted by atomic mass is 10.0. The number of anilines is 1. The quantitative estimate of drug-likeness (QED) is 0.453. The zero-order valence-corrected chi connectivity index (χ0v) is 15.7. The van der Waals surface area contributed by atoms with Gasteiger partial charge in [-0.05, 0) is 41.5 Å². The molecule has 0 radical (unpaired) electrons. The number of rotatable bonds is 6. The number of carbonyl (C=O) groups excluding carboxylic acids is 1. The molecular weight excluding hydrogens is 372 g/mol. The largest absolute Gasteiger partial charge is 0.482 e. The van der Waals surface area contributed by atoms with E-state index in [1.807, 2.05) is 48.5 Å². The van der Waals surface area contributed by atoms with Crippen molar-refractivity contribution in [2.45, 2.75) is 0 Å². The van der Waals surface area contributed by atoms with E-state index in [2.05, 4.69) is 11.4 Å². The average molecular weight is 389 g/mol. The van der Waals surface area contributed by atoms with Crippen molar-refractivity contribution in [2.75, 3.05) is 11.9 Å². The molecule has 5 heteroatoms. The van der Waals surface area contributed by atoms with Gasteiger partial charge in [-0.25, -0.2) is 0 Å². The molecule has 0 aliphatic carbocycles. The van der Waals surface area contributed by atoms with Gasteiger partial charge < -0.3 is 10.1 Å². The number of ether oxygens (including phenoxy) is 1. The highest BCUT2D eigenvalue weighted by Crippen LogP contribution is 2.27. The molecule has 0 atom stereocenters. The lowest BCUT2D eigenvalue weighted by Gasteiger charge is -2.09. The van der Waals surface area contributed by atoms with E-state index in [0.717, 1.165) is 11.1 Å². The molecule has 3 aromatic rings. The molecule has 138 valence electrons. The average Bonchev–Trinajstić information content (AvgIpc) is 2.72. The fourth-order valence-corrected chi connectivity index (χ4v) is 2.79. The van der Waals surface area contributed by atoms with Crippen molar-refractivity contribution in [2.24, 2.45) is 0 Å². The second-order valence-electron chi connectivity index (χ2n) is 5.93. The fourth-order valence-electron chi connectivity index (χ4n) is 2.55. The van der Waals surface area contributed by atoms with E-state index < -0.39 is 0 Å². The number of hydrogen-bond donors (Lipinski definition) is 1. The van der Waals surface area contributed by atoms with E-state index in [-0.39, 0.29) is 12.5 Å². The van der Waals surface area contributed by atoms with E-state index in [4.69, 9.17) is 16.3 Å². The van der Waals surface area contributed by atoms with Gasteiger partial charge in [-0.15, -0.1) is 0 Å². The molecule has 0 heterocycles. The number of allylic oxidation sites excluding steroid dienone is 1. The third kappa shape index (κ3) is 5.23. The maximum atomic E-state index is 12.0. The molecule has 0 aliphatic heterocycles. The molecule has 0 aromatic heterocycles. The third-order valence-corrected chi connectivity index (χ3v) is 4.18. The van der Waals surface area contributed by atoms with Crippen molar-refractivity contribution in [3.05, 3.63) is 95.0 Å². The summed E-state index contributed by atoms with van der Waals surface area (Å²) < 4.78 is 5.51. The number of benzene rings is 3. The summed E-state index contributed by atoms with van der Waals surface area (Å²) in [5, 5.41) is 12.5. The first-order valence-corrected chi connectivity index (χ1v) is 8.98. The second kappa shape index (κ2) is 9.40. The van der Waals surface area contributed by atoms with Gasteiger partial charge in [-0.2, -0.15) is 5.26 Å². The number of nitriles is 1. The zero-order valence-electron chi connectivity index (χ0n) is 14.9. The zero-order chi connectivity index (χ0) is 19.8. The molecule has 3 aromatic carbocycles. The number of nitrogens with zero attached hydrogens (tertiary/aromatic N) is 1. The number of carbonyl (C=O) groups is 1. The second-order valence-corrected chi connectivity index (χ2v) is 6.34. The monoisotopic (exact) mass is 388 g/mol. The summed E-state index contributed by atoms with van der Waals surface area (Å²) in [4.78, 5) is 12.0. The van der Waals surface area contributed by atoms with E-state index in [0.29, 0.717) is 22.0 Å². The minimum absolute atomic E-state index is 0.155. The van der Waals surface area contributed by atoms with Gasteiger partial charge in [-0.1, -0.05) is 66.2 Å². The van der Waals surface area contributed by atoms with Gasteiger partial charge in [-0.3, -0.25) is 4.79 Å². The smallest absolute Gasteiger partial charge is 0.262 e. The topological polar surface area (TPSA) is 62.1 Å². The van der Waals surface area contributed by atoms with Crippen LogP contribution in [-0.2, 0) is 4.79 Å². The van der Waals surface area contributed by atoms with Crippen LogP contribution in [-0.4, -0.2) is 12.5 Å². The predicted octanol–water partition coefficient (Wildman–Crippen LogP) is 5.42. The lowest BCUT2D eigenvalue weighted by molar-refractivity contribution is -0.118. The Balaban J connectivity index is 1.66. The first-order chi connectivity index (χ1) is 13.7. The highest BCUT2D eigenvalue weighted by molar-refractivity contribution is 6.32. The standard InChI is InChI=1S/C23H17ClN2O2/c24-21-14-17(13-19(15-25)18-7-3-1-4-8-18)11-12-22(21)28-16-23(27)26-20-9-5-2-6-10-20/h1-14H,16H2,(H,26,27)/b19-13+. The molecule has 1 N–H and O–H groups in total. The molecule has 3 rings (SSSR count). The number of hydrogen-bond acceptors (Lipinski definition) is 3. The molecule has 0 bridgehead atoms. The van der Waals surface area contributed by atoms with Crippen molar-refractivity contribution in [1.29, 1.82) is 5.26 Å². The normalized spacial score (nSPS) is 10.8. The summed E-state index contributed by atoms with van der Waals surface area (Å²) in [7, 11) is 0. The third-order valence-electron chi connectivity index (χ3n) is 3.89. The van der Waals surface area contributed by atoms with Crippen LogP contribution in [0.5, 0.6) is 5.75 Å². The summed E-state index contributed by atoms with van der Waals surface area (Å²) in [5.41, 5.74) is 2.84. The Kier molecular flexibility index (Phi) is 6.46. The summed E-state index contributed by atoms with van der Waals surface area (Å²) in [6, 6.07) is 25.9. The molecule has 0 aliphatic rings. The number of amides is 1. The van der Waals surface area contributed by atoms with Crippen molar-refractivity contribution in [3.63, 3.8) is 0 Å². The van der Waals surface area contributed by atoms with Crippen molar-refractivity contribution in [1.82, 2.24) is 0 Å². The highest BCUT2D eigenvalue weighted by Gasteiger charge is 2.08. The van der Waals surface area contributed by atoms with Gasteiger partial charge in [0, 0.05) is 5.69 Å². The summed E-state index contributed by atoms with van der Waals surface area (Å²) in [6.45, 7) is -0.155. The van der Waals surface area contributed by atoms with Crippen LogP contribution >= 0.6 is 11.6 Å². The van der Waals surface area contributed by atoms with Crippen LogP contribution in [0.1, 0.15) is 11.1 Å². The molecule has 4 nitrogen and oxygen atoms in total. The van der Waals surface area contributed by atoms with Gasteiger partial charge >= 0.3 is 0 Å². The van der Waals surface area contributed by atoms with Gasteiger partial charge in [0.2, 0.25) is 0 Å². The van der Waals surface area contributed by atoms with Crippen LogP contribution in [0.15, 0.2) is 78.9 Å². The minimum atomic E-state index is -0.276. The Morgan fingerprint density at radius 1 is 1.04 bits per heavy atom. The lowest BCUT2D eigenvalue weighted by Crippen LogP contribution is -2.20. The van der Waals surface area contributed by atoms with E-state index in [1.165, 1.54) is 0 Å². The van der Waals surface area contributed by atoms with Crippen LogP contribution in [0.25, 0.3) is 11.6 Å². The van der Waals surface area contributed by atoms with Crippen molar-refractivity contribution < 1.29 is 9.53 Å². The molecule has 28 heavy (non-hydrogen) atoms. The van der Waals surface area contributed by atoms with Crippen LogP contribution < -0.4 is 10.1 Å². The molecule has 0 spiro atoms. The molecular formula is C23H17ClN2O2. The Bertz CT molecular complexity index is 1030. The molecule has 1 amide bonds. The van der Waals surface area contributed by atoms with Crippen molar-refractivity contribution in [3.8, 4) is 11.8 Å². The van der Waals surface area contributed by atoms with Gasteiger partial charge in [0.25, 0.3) is 5.91 Å². The Morgan fingerprint density at radius 3 is 2.36 bits per heavy atom. The number of nitrogens with one attached hydrogen (secondary N) is 1. The maximum absolute atomic E-state index is 12.0. The van der Waals surface area contributed by atoms with Gasteiger partial charge in [0.15, 0.2) is 6.61 Å². The van der Waals surface area contributed by atoms with E-state index in [9.17, 15) is 10.1 Å². The minimum Gasteiger partial charge on any atom is -0.482 e. The molecule has 0 fully saturated rings. The summed E-state index contributed by atoms with van der Waals surface area (Å²) in [5.74, 6) is 0.127. The molecule has 0 saturated carbocycles. The Hall–Kier alpha value is -3.55. The number of para-hydroxylation sites is 1. The Morgan fingerprint density at radius 2 is 1.71 bits per heavy atom. The SMILES string of the molecule is N#C/C(=C\c1ccc(OCC(=O)Nc2ccccc2)c(Cl)c1)c1ccccc1. The van der Waals surface area contributed by atoms with Crippen LogP contribution in [0.3, 0.4) is 0 Å². The maximum Gasteiger partial charge on any atom is 0.262 e. The van der Waals surface area contributed by atoms with Gasteiger partial charge in [0.05, 0.1) is 16.7 Å². The predicted molar refractivity (Wildman–Crippen MR) is 112 cm³/mol. The van der Waals surface area contributed by atoms with Crippen LogP contribution in [0, 0.1) is 11.3 Å². The fraction of sp³-hybridized carbons (Fsp3) is 0.0435. The first-order valence-electron chi connectivity index (χ1n) is 8.60. The molecule has 0 saturated heterocycles. The Labute approximate surface area is 168 Å². The summed E-state index contributed by atoms with van der Waals surface area (Å²) in [6.07, 6.45) is 1.76. The summed E-state index contributed by atoms with van der Waals surface area (Å²) >= 11 is 6.28. The van der Waals surface area contributed by atoms with E-state index >= 15 is 0 Å². The van der Waals surface area contributed by atoms with Crippen LogP contribution in [0.2, 0.25) is 5.02 Å². The van der Waals surface area contributed by atoms with Crippen molar-refractivity contribution >= 4 is 34.8 Å². The number of halogens is 1. The highest BCUT2D eigenvalue weighted by atomic mass is 35.5. The van der Waals surface area contributed by atoms with Crippen LogP contribution in [0.4, 0.5) is 5.69 Å².